The van der Waals surface area contributed by atoms with Crippen molar-refractivity contribution in [3.8, 4) is 0 Å². The van der Waals surface area contributed by atoms with Crippen molar-refractivity contribution in [2.45, 2.75) is 6.10 Å². The van der Waals surface area contributed by atoms with Gasteiger partial charge in [-0.15, -0.1) is 0 Å². The third-order valence-corrected chi connectivity index (χ3v) is 4.08. The third-order valence-electron chi connectivity index (χ3n) is 4.08. The molecule has 0 unspecified atom stereocenters. The number of benzene rings is 3. The Labute approximate surface area is 163 Å². The van der Waals surface area contributed by atoms with E-state index < -0.39 is 12.1 Å². The summed E-state index contributed by atoms with van der Waals surface area (Å²) in [6.45, 7) is -0.334. The molecule has 0 saturated carbocycles. The maximum absolute atomic E-state index is 12.9. The van der Waals surface area contributed by atoms with Gasteiger partial charge in [-0.1, -0.05) is 78.9 Å². The molecule has 3 rings (SSSR count). The number of ketones is 1. The van der Waals surface area contributed by atoms with Crippen LogP contribution < -0.4 is 5.32 Å². The van der Waals surface area contributed by atoms with Crippen LogP contribution in [0, 0.1) is 0 Å². The van der Waals surface area contributed by atoms with Gasteiger partial charge in [-0.05, 0) is 12.1 Å². The Morgan fingerprint density at radius 2 is 1.21 bits per heavy atom. The maximum atomic E-state index is 12.9. The lowest BCUT2D eigenvalue weighted by Gasteiger charge is -2.17. The van der Waals surface area contributed by atoms with Crippen LogP contribution in [0.25, 0.3) is 0 Å². The normalized spacial score (nSPS) is 11.3. The van der Waals surface area contributed by atoms with Crippen LogP contribution in [-0.2, 0) is 9.53 Å². The highest BCUT2D eigenvalue weighted by molar-refractivity contribution is 6.01. The van der Waals surface area contributed by atoms with E-state index in [9.17, 15) is 14.4 Å². The molecule has 5 nitrogen and oxygen atoms in total. The van der Waals surface area contributed by atoms with E-state index in [-0.39, 0.29) is 18.2 Å². The number of esters is 1. The molecule has 0 aliphatic carbocycles. The zero-order valence-corrected chi connectivity index (χ0v) is 15.1. The van der Waals surface area contributed by atoms with Gasteiger partial charge in [0.2, 0.25) is 5.78 Å². The first-order valence-corrected chi connectivity index (χ1v) is 8.82. The van der Waals surface area contributed by atoms with Crippen molar-refractivity contribution >= 4 is 17.7 Å². The summed E-state index contributed by atoms with van der Waals surface area (Å²) in [5.74, 6) is -1.40. The number of ether oxygens (including phenoxy) is 1. The molecule has 28 heavy (non-hydrogen) atoms. The molecule has 1 N–H and O–H groups in total. The molecule has 0 fully saturated rings. The summed E-state index contributed by atoms with van der Waals surface area (Å²) < 4.78 is 5.44. The molecule has 0 aliphatic heterocycles. The van der Waals surface area contributed by atoms with E-state index >= 15 is 0 Å². The van der Waals surface area contributed by atoms with Gasteiger partial charge < -0.3 is 10.1 Å². The summed E-state index contributed by atoms with van der Waals surface area (Å²) >= 11 is 0. The van der Waals surface area contributed by atoms with E-state index in [1.807, 2.05) is 6.07 Å². The van der Waals surface area contributed by atoms with Crippen LogP contribution in [-0.4, -0.2) is 24.2 Å². The van der Waals surface area contributed by atoms with Crippen molar-refractivity contribution in [1.82, 2.24) is 5.32 Å². The van der Waals surface area contributed by atoms with Crippen molar-refractivity contribution in [1.29, 1.82) is 0 Å². The summed E-state index contributed by atoms with van der Waals surface area (Å²) in [4.78, 5) is 37.3. The fraction of sp³-hybridized carbons (Fsp3) is 0.0870. The Balaban J connectivity index is 1.70. The molecule has 0 saturated heterocycles. The number of rotatable bonds is 7. The molecular weight excluding hydrogens is 354 g/mol. The first-order valence-electron chi connectivity index (χ1n) is 8.82. The second-order valence-electron chi connectivity index (χ2n) is 6.06. The first-order chi connectivity index (χ1) is 13.6. The van der Waals surface area contributed by atoms with Crippen molar-refractivity contribution in [3.05, 3.63) is 108 Å². The molecule has 0 bridgehead atoms. The van der Waals surface area contributed by atoms with E-state index in [1.165, 1.54) is 0 Å². The van der Waals surface area contributed by atoms with Gasteiger partial charge in [0, 0.05) is 16.7 Å². The number of carbonyl (C=O) groups excluding carboxylic acids is 3. The molecule has 1 amide bonds. The van der Waals surface area contributed by atoms with Crippen molar-refractivity contribution < 1.29 is 19.1 Å². The Hall–Kier alpha value is -3.73. The number of nitrogens with one attached hydrogen (secondary N) is 1. The average Bonchev–Trinajstić information content (AvgIpc) is 2.77. The zero-order chi connectivity index (χ0) is 19.8. The fourth-order valence-electron chi connectivity index (χ4n) is 2.67. The molecule has 0 radical (unpaired) electrons. The van der Waals surface area contributed by atoms with Crippen LogP contribution in [0.4, 0.5) is 0 Å². The lowest BCUT2D eigenvalue weighted by molar-refractivity contribution is -0.146. The average molecular weight is 373 g/mol. The topological polar surface area (TPSA) is 72.5 Å². The van der Waals surface area contributed by atoms with Gasteiger partial charge >= 0.3 is 5.97 Å². The lowest BCUT2D eigenvalue weighted by atomic mass is 10.00. The molecule has 1 atom stereocenters. The predicted octanol–water partition coefficient (Wildman–Crippen LogP) is 3.58. The minimum absolute atomic E-state index is 0.325. The summed E-state index contributed by atoms with van der Waals surface area (Å²) in [6.07, 6.45) is -1.08. The second-order valence-corrected chi connectivity index (χ2v) is 6.06. The van der Waals surface area contributed by atoms with Gasteiger partial charge in [-0.3, -0.25) is 14.4 Å². The minimum Gasteiger partial charge on any atom is -0.448 e. The Kier molecular flexibility index (Phi) is 6.31. The zero-order valence-electron chi connectivity index (χ0n) is 15.1. The van der Waals surface area contributed by atoms with E-state index in [2.05, 4.69) is 5.32 Å². The van der Waals surface area contributed by atoms with Gasteiger partial charge in [0.1, 0.15) is 6.54 Å². The maximum Gasteiger partial charge on any atom is 0.326 e. The standard InChI is InChI=1S/C23H19NO4/c25-20(16-24-23(27)19-14-8-3-9-15-19)28-22(18-12-6-2-7-13-18)21(26)17-10-4-1-5-11-17/h1-15,22H,16H2,(H,24,27)/t22-/m1/s1. The van der Waals surface area contributed by atoms with Gasteiger partial charge in [-0.2, -0.15) is 0 Å². The van der Waals surface area contributed by atoms with Crippen LogP contribution in [0.1, 0.15) is 32.4 Å². The minimum atomic E-state index is -1.08. The highest BCUT2D eigenvalue weighted by atomic mass is 16.5. The van der Waals surface area contributed by atoms with E-state index in [0.29, 0.717) is 16.7 Å². The van der Waals surface area contributed by atoms with Gasteiger partial charge in [-0.25, -0.2) is 0 Å². The highest BCUT2D eigenvalue weighted by Gasteiger charge is 2.26. The Morgan fingerprint density at radius 1 is 0.714 bits per heavy atom. The monoisotopic (exact) mass is 373 g/mol. The van der Waals surface area contributed by atoms with Gasteiger partial charge in [0.05, 0.1) is 0 Å². The summed E-state index contributed by atoms with van der Waals surface area (Å²) in [6, 6.07) is 26.0. The van der Waals surface area contributed by atoms with Crippen LogP contribution in [0.2, 0.25) is 0 Å². The van der Waals surface area contributed by atoms with Gasteiger partial charge in [0.15, 0.2) is 6.10 Å². The number of amides is 1. The molecule has 0 aromatic heterocycles. The number of carbonyl (C=O) groups is 3. The van der Waals surface area contributed by atoms with Crippen molar-refractivity contribution in [2.75, 3.05) is 6.54 Å². The third kappa shape index (κ3) is 4.92. The SMILES string of the molecule is O=C(CNC(=O)c1ccccc1)O[C@@H](C(=O)c1ccccc1)c1ccccc1. The number of hydrogen-bond donors (Lipinski definition) is 1. The molecule has 0 heterocycles. The largest absolute Gasteiger partial charge is 0.448 e. The molecular formula is C23H19NO4. The summed E-state index contributed by atoms with van der Waals surface area (Å²) in [5.41, 5.74) is 1.45. The molecule has 3 aromatic rings. The second kappa shape index (κ2) is 9.28. The van der Waals surface area contributed by atoms with Crippen molar-refractivity contribution in [2.24, 2.45) is 0 Å². The van der Waals surface area contributed by atoms with E-state index in [4.69, 9.17) is 4.74 Å². The summed E-state index contributed by atoms with van der Waals surface area (Å²) in [7, 11) is 0. The smallest absolute Gasteiger partial charge is 0.326 e. The molecule has 140 valence electrons. The number of hydrogen-bond acceptors (Lipinski definition) is 4. The Morgan fingerprint density at radius 3 is 1.79 bits per heavy atom. The molecule has 0 aliphatic rings. The number of Topliss-reactive ketones (excluding diaryl/α,β-unsaturated/α-hetero) is 1. The quantitative estimate of drug-likeness (QED) is 0.507. The molecule has 5 heteroatoms. The van der Waals surface area contributed by atoms with Crippen LogP contribution in [0.5, 0.6) is 0 Å². The first kappa shape index (κ1) is 19.0. The molecule has 3 aromatic carbocycles. The van der Waals surface area contributed by atoms with Gasteiger partial charge in [0.25, 0.3) is 5.91 Å². The predicted molar refractivity (Wildman–Crippen MR) is 105 cm³/mol. The van der Waals surface area contributed by atoms with E-state index in [0.717, 1.165) is 0 Å². The fourth-order valence-corrected chi connectivity index (χ4v) is 2.67. The van der Waals surface area contributed by atoms with Crippen molar-refractivity contribution in [3.63, 3.8) is 0 Å². The van der Waals surface area contributed by atoms with E-state index in [1.54, 1.807) is 84.9 Å². The lowest BCUT2D eigenvalue weighted by Crippen LogP contribution is -2.32. The highest BCUT2D eigenvalue weighted by Crippen LogP contribution is 2.22. The van der Waals surface area contributed by atoms with Crippen LogP contribution in [0.15, 0.2) is 91.0 Å². The Bertz CT molecular complexity index is 940. The van der Waals surface area contributed by atoms with Crippen LogP contribution >= 0.6 is 0 Å². The molecule has 0 spiro atoms. The summed E-state index contributed by atoms with van der Waals surface area (Å²) in [5, 5.41) is 2.51. The van der Waals surface area contributed by atoms with Crippen LogP contribution in [0.3, 0.4) is 0 Å².